The summed E-state index contributed by atoms with van der Waals surface area (Å²) in [4.78, 5) is 1.25. The molecule has 0 saturated heterocycles. The minimum atomic E-state index is -0.288. The molecule has 2 aromatic rings. The third kappa shape index (κ3) is 4.10. The fraction of sp³-hybridized carbons (Fsp3) is 0.400. The molecule has 20 heavy (non-hydrogen) atoms. The summed E-state index contributed by atoms with van der Waals surface area (Å²) in [5, 5.41) is 4.17. The van der Waals surface area contributed by atoms with Gasteiger partial charge >= 0.3 is 0 Å². The van der Waals surface area contributed by atoms with E-state index in [4.69, 9.17) is 9.47 Å². The number of hydrogen-bond donors (Lipinski definition) is 0. The lowest BCUT2D eigenvalue weighted by molar-refractivity contribution is -0.106. The number of thioether (sulfide) groups is 1. The summed E-state index contributed by atoms with van der Waals surface area (Å²) in [7, 11) is 5.23. The second-order valence-electron chi connectivity index (χ2n) is 4.49. The Hall–Kier alpha value is -1.30. The molecule has 0 unspecified atom stereocenters. The third-order valence-corrected chi connectivity index (χ3v) is 4.01. The van der Waals surface area contributed by atoms with Gasteiger partial charge in [-0.3, -0.25) is 4.68 Å². The van der Waals surface area contributed by atoms with Gasteiger partial charge in [0.1, 0.15) is 0 Å². The molecule has 1 aromatic carbocycles. The molecule has 0 aliphatic heterocycles. The molecule has 1 heterocycles. The number of aromatic nitrogens is 2. The average molecular weight is 292 g/mol. The second kappa shape index (κ2) is 7.47. The summed E-state index contributed by atoms with van der Waals surface area (Å²) >= 11 is 1.84. The van der Waals surface area contributed by atoms with Crippen LogP contribution in [0.3, 0.4) is 0 Å². The third-order valence-electron chi connectivity index (χ3n) is 3.00. The van der Waals surface area contributed by atoms with Crippen LogP contribution in [0.1, 0.15) is 17.4 Å². The summed E-state index contributed by atoms with van der Waals surface area (Å²) < 4.78 is 12.3. The maximum absolute atomic E-state index is 5.23. The van der Waals surface area contributed by atoms with E-state index in [1.165, 1.54) is 10.5 Å². The molecule has 2 rings (SSSR count). The maximum Gasteiger partial charge on any atom is 0.183 e. The molecule has 1 aromatic heterocycles. The van der Waals surface area contributed by atoms with Gasteiger partial charge in [0.05, 0.1) is 6.20 Å². The molecular weight excluding hydrogens is 272 g/mol. The highest BCUT2D eigenvalue weighted by molar-refractivity contribution is 7.99. The fourth-order valence-electron chi connectivity index (χ4n) is 1.98. The van der Waals surface area contributed by atoms with Crippen molar-refractivity contribution in [3.8, 4) is 0 Å². The first kappa shape index (κ1) is 15.1. The molecule has 0 atom stereocenters. The largest absolute Gasteiger partial charge is 0.352 e. The molecule has 0 aliphatic rings. The van der Waals surface area contributed by atoms with Crippen LogP contribution in [0.2, 0.25) is 0 Å². The van der Waals surface area contributed by atoms with Crippen LogP contribution < -0.4 is 0 Å². The van der Waals surface area contributed by atoms with E-state index < -0.39 is 0 Å². The van der Waals surface area contributed by atoms with Crippen molar-refractivity contribution in [1.82, 2.24) is 9.78 Å². The van der Waals surface area contributed by atoms with Crippen molar-refractivity contribution in [2.45, 2.75) is 17.6 Å². The van der Waals surface area contributed by atoms with Gasteiger partial charge in [-0.15, -0.1) is 11.8 Å². The summed E-state index contributed by atoms with van der Waals surface area (Å²) in [5.41, 5.74) is 2.31. The Kier molecular flexibility index (Phi) is 5.64. The lowest BCUT2D eigenvalue weighted by atomic mass is 10.2. The molecule has 5 heteroatoms. The Labute approximate surface area is 124 Å². The number of rotatable bonds is 7. The molecule has 0 fully saturated rings. The van der Waals surface area contributed by atoms with Crippen LogP contribution in [-0.4, -0.2) is 29.8 Å². The first-order valence-electron chi connectivity index (χ1n) is 6.49. The van der Waals surface area contributed by atoms with Crippen LogP contribution >= 0.6 is 11.8 Å². The monoisotopic (exact) mass is 292 g/mol. The fourth-order valence-corrected chi connectivity index (χ4v) is 2.88. The predicted octanol–water partition coefficient (Wildman–Crippen LogP) is 3.05. The standard InChI is InChI=1S/C15H20N2O2S/c1-17-11-12(10-16-17)8-9-20-14-6-4-13(5-7-14)15(18-2)19-3/h4-7,10-11,15H,8-9H2,1-3H3. The van der Waals surface area contributed by atoms with Crippen LogP contribution in [0.4, 0.5) is 0 Å². The first-order chi connectivity index (χ1) is 9.72. The average Bonchev–Trinajstić information content (AvgIpc) is 2.87. The highest BCUT2D eigenvalue weighted by Gasteiger charge is 2.08. The van der Waals surface area contributed by atoms with Gasteiger partial charge in [0.25, 0.3) is 0 Å². The molecule has 0 spiro atoms. The van der Waals surface area contributed by atoms with Gasteiger partial charge in [-0.2, -0.15) is 5.10 Å². The number of hydrogen-bond acceptors (Lipinski definition) is 4. The lowest BCUT2D eigenvalue weighted by Gasteiger charge is -2.13. The van der Waals surface area contributed by atoms with Crippen molar-refractivity contribution in [3.63, 3.8) is 0 Å². The smallest absolute Gasteiger partial charge is 0.183 e. The van der Waals surface area contributed by atoms with Crippen molar-refractivity contribution in [3.05, 3.63) is 47.8 Å². The summed E-state index contributed by atoms with van der Waals surface area (Å²) in [6.45, 7) is 0. The molecule has 0 bridgehead atoms. The zero-order chi connectivity index (χ0) is 14.4. The Morgan fingerprint density at radius 1 is 1.20 bits per heavy atom. The van der Waals surface area contributed by atoms with Gasteiger partial charge in [-0.05, 0) is 24.1 Å². The molecule has 0 amide bonds. The van der Waals surface area contributed by atoms with E-state index in [0.29, 0.717) is 0 Å². The van der Waals surface area contributed by atoms with Crippen LogP contribution in [0.15, 0.2) is 41.6 Å². The van der Waals surface area contributed by atoms with E-state index in [2.05, 4.69) is 23.4 Å². The normalized spacial score (nSPS) is 11.2. The summed E-state index contributed by atoms with van der Waals surface area (Å²) in [5.74, 6) is 1.04. The van der Waals surface area contributed by atoms with Crippen molar-refractivity contribution >= 4 is 11.8 Å². The zero-order valence-corrected chi connectivity index (χ0v) is 12.9. The minimum Gasteiger partial charge on any atom is -0.352 e. The predicted molar refractivity (Wildman–Crippen MR) is 80.8 cm³/mol. The molecular formula is C15H20N2O2S. The van der Waals surface area contributed by atoms with Crippen LogP contribution in [0.25, 0.3) is 0 Å². The van der Waals surface area contributed by atoms with E-state index >= 15 is 0 Å². The molecule has 0 N–H and O–H groups in total. The van der Waals surface area contributed by atoms with E-state index in [1.807, 2.05) is 41.8 Å². The van der Waals surface area contributed by atoms with E-state index in [9.17, 15) is 0 Å². The van der Waals surface area contributed by atoms with Gasteiger partial charge < -0.3 is 9.47 Å². The van der Waals surface area contributed by atoms with Crippen molar-refractivity contribution in [2.75, 3.05) is 20.0 Å². The van der Waals surface area contributed by atoms with Gasteiger partial charge in [0.2, 0.25) is 0 Å². The van der Waals surface area contributed by atoms with Crippen LogP contribution in [0.5, 0.6) is 0 Å². The minimum absolute atomic E-state index is 0.288. The van der Waals surface area contributed by atoms with Crippen LogP contribution in [0, 0.1) is 0 Å². The quantitative estimate of drug-likeness (QED) is 0.580. The lowest BCUT2D eigenvalue weighted by Crippen LogP contribution is -2.03. The Morgan fingerprint density at radius 3 is 2.45 bits per heavy atom. The van der Waals surface area contributed by atoms with Crippen LogP contribution in [-0.2, 0) is 22.9 Å². The van der Waals surface area contributed by atoms with Crippen molar-refractivity contribution in [1.29, 1.82) is 0 Å². The Morgan fingerprint density at radius 2 is 1.90 bits per heavy atom. The summed E-state index contributed by atoms with van der Waals surface area (Å²) in [6.07, 6.45) is 4.72. The SMILES string of the molecule is COC(OC)c1ccc(SCCc2cnn(C)c2)cc1. The molecule has 0 radical (unpaired) electrons. The molecule has 108 valence electrons. The zero-order valence-electron chi connectivity index (χ0n) is 12.1. The number of methoxy groups -OCH3 is 2. The van der Waals surface area contributed by atoms with Gasteiger partial charge in [0.15, 0.2) is 6.29 Å². The number of benzene rings is 1. The van der Waals surface area contributed by atoms with Gasteiger partial charge in [0, 0.05) is 43.7 Å². The van der Waals surface area contributed by atoms with E-state index in [0.717, 1.165) is 17.7 Å². The molecule has 4 nitrogen and oxygen atoms in total. The summed E-state index contributed by atoms with van der Waals surface area (Å²) in [6, 6.07) is 8.30. The van der Waals surface area contributed by atoms with Gasteiger partial charge in [-0.1, -0.05) is 12.1 Å². The molecule has 0 saturated carbocycles. The number of ether oxygens (including phenoxy) is 2. The second-order valence-corrected chi connectivity index (χ2v) is 5.66. The Balaban J connectivity index is 1.84. The highest BCUT2D eigenvalue weighted by atomic mass is 32.2. The number of aryl methyl sites for hydroxylation is 2. The highest BCUT2D eigenvalue weighted by Crippen LogP contribution is 2.23. The Bertz CT molecular complexity index is 521. The van der Waals surface area contributed by atoms with E-state index in [-0.39, 0.29) is 6.29 Å². The van der Waals surface area contributed by atoms with Crippen molar-refractivity contribution in [2.24, 2.45) is 7.05 Å². The number of nitrogens with zero attached hydrogens (tertiary/aromatic N) is 2. The van der Waals surface area contributed by atoms with Crippen molar-refractivity contribution < 1.29 is 9.47 Å². The first-order valence-corrected chi connectivity index (χ1v) is 7.47. The maximum atomic E-state index is 5.23. The van der Waals surface area contributed by atoms with E-state index in [1.54, 1.807) is 14.2 Å². The topological polar surface area (TPSA) is 36.3 Å². The molecule has 0 aliphatic carbocycles. The van der Waals surface area contributed by atoms with Gasteiger partial charge in [-0.25, -0.2) is 0 Å².